The Kier molecular flexibility index (Phi) is 3.83. The summed E-state index contributed by atoms with van der Waals surface area (Å²) in [6.45, 7) is 6.46. The zero-order valence-electron chi connectivity index (χ0n) is 11.5. The SMILES string of the molecule is CC(C)C(C)CC(=O)Nc1cc2c(cc1N)OCO2. The van der Waals surface area contributed by atoms with Gasteiger partial charge >= 0.3 is 0 Å². The number of nitrogen functional groups attached to an aromatic ring is 1. The second-order valence-corrected chi connectivity index (χ2v) is 5.27. The van der Waals surface area contributed by atoms with E-state index in [0.29, 0.717) is 41.1 Å². The summed E-state index contributed by atoms with van der Waals surface area (Å²) in [5, 5.41) is 2.83. The van der Waals surface area contributed by atoms with Gasteiger partial charge in [-0.2, -0.15) is 0 Å². The molecular formula is C14H20N2O3. The Morgan fingerprint density at radius 1 is 1.32 bits per heavy atom. The molecule has 0 fully saturated rings. The molecule has 1 heterocycles. The number of amides is 1. The number of fused-ring (bicyclic) bond motifs is 1. The minimum absolute atomic E-state index is 0.0354. The summed E-state index contributed by atoms with van der Waals surface area (Å²) < 4.78 is 10.5. The molecule has 0 radical (unpaired) electrons. The smallest absolute Gasteiger partial charge is 0.231 e. The Morgan fingerprint density at radius 3 is 2.58 bits per heavy atom. The summed E-state index contributed by atoms with van der Waals surface area (Å²) in [4.78, 5) is 11.9. The van der Waals surface area contributed by atoms with Gasteiger partial charge in [-0.3, -0.25) is 4.79 Å². The van der Waals surface area contributed by atoms with Gasteiger partial charge in [0.25, 0.3) is 0 Å². The van der Waals surface area contributed by atoms with E-state index in [9.17, 15) is 4.79 Å². The fourth-order valence-electron chi connectivity index (χ4n) is 1.80. The Balaban J connectivity index is 2.05. The van der Waals surface area contributed by atoms with Crippen LogP contribution in [0.15, 0.2) is 12.1 Å². The molecule has 0 spiro atoms. The number of benzene rings is 1. The molecule has 1 aromatic rings. The standard InChI is InChI=1S/C14H20N2O3/c1-8(2)9(3)4-14(17)16-11-6-13-12(5-10(11)15)18-7-19-13/h5-6,8-9H,4,7,15H2,1-3H3,(H,16,17). The van der Waals surface area contributed by atoms with Crippen molar-refractivity contribution in [2.45, 2.75) is 27.2 Å². The second kappa shape index (κ2) is 5.38. The van der Waals surface area contributed by atoms with E-state index in [0.717, 1.165) is 0 Å². The first-order chi connectivity index (χ1) is 8.97. The van der Waals surface area contributed by atoms with Gasteiger partial charge < -0.3 is 20.5 Å². The van der Waals surface area contributed by atoms with Crippen LogP contribution in [0, 0.1) is 11.8 Å². The third-order valence-electron chi connectivity index (χ3n) is 3.46. The van der Waals surface area contributed by atoms with Crippen LogP contribution in [0.3, 0.4) is 0 Å². The number of carbonyl (C=O) groups is 1. The summed E-state index contributed by atoms with van der Waals surface area (Å²) in [5.74, 6) is 1.99. The Morgan fingerprint density at radius 2 is 1.95 bits per heavy atom. The summed E-state index contributed by atoms with van der Waals surface area (Å²) in [6.07, 6.45) is 0.478. The third kappa shape index (κ3) is 3.10. The summed E-state index contributed by atoms with van der Waals surface area (Å²) in [6, 6.07) is 3.37. The zero-order valence-corrected chi connectivity index (χ0v) is 11.5. The van der Waals surface area contributed by atoms with Crippen LogP contribution in [0.4, 0.5) is 11.4 Å². The highest BCUT2D eigenvalue weighted by atomic mass is 16.7. The molecule has 1 aliphatic rings. The number of hydrogen-bond acceptors (Lipinski definition) is 4. The number of carbonyl (C=O) groups excluding carboxylic acids is 1. The molecule has 0 saturated carbocycles. The van der Waals surface area contributed by atoms with Crippen LogP contribution in [-0.4, -0.2) is 12.7 Å². The van der Waals surface area contributed by atoms with Gasteiger partial charge in [-0.1, -0.05) is 20.8 Å². The molecule has 0 saturated heterocycles. The molecule has 0 aliphatic carbocycles. The van der Waals surface area contributed by atoms with Crippen molar-refractivity contribution in [1.29, 1.82) is 0 Å². The Labute approximate surface area is 113 Å². The van der Waals surface area contributed by atoms with Gasteiger partial charge in [-0.05, 0) is 11.8 Å². The van der Waals surface area contributed by atoms with E-state index in [-0.39, 0.29) is 12.7 Å². The van der Waals surface area contributed by atoms with E-state index in [1.165, 1.54) is 0 Å². The molecule has 1 amide bonds. The fourth-order valence-corrected chi connectivity index (χ4v) is 1.80. The highest BCUT2D eigenvalue weighted by Gasteiger charge is 2.18. The van der Waals surface area contributed by atoms with Gasteiger partial charge in [0.2, 0.25) is 12.7 Å². The third-order valence-corrected chi connectivity index (χ3v) is 3.46. The molecule has 19 heavy (non-hydrogen) atoms. The van der Waals surface area contributed by atoms with E-state index >= 15 is 0 Å². The molecule has 104 valence electrons. The maximum absolute atomic E-state index is 11.9. The predicted molar refractivity (Wildman–Crippen MR) is 74.2 cm³/mol. The van der Waals surface area contributed by atoms with Crippen molar-refractivity contribution < 1.29 is 14.3 Å². The molecular weight excluding hydrogens is 244 g/mol. The van der Waals surface area contributed by atoms with Crippen LogP contribution < -0.4 is 20.5 Å². The second-order valence-electron chi connectivity index (χ2n) is 5.27. The van der Waals surface area contributed by atoms with E-state index < -0.39 is 0 Å². The lowest BCUT2D eigenvalue weighted by atomic mass is 9.94. The quantitative estimate of drug-likeness (QED) is 0.820. The molecule has 1 atom stereocenters. The first kappa shape index (κ1) is 13.5. The van der Waals surface area contributed by atoms with Crippen LogP contribution in [0.25, 0.3) is 0 Å². The first-order valence-electron chi connectivity index (χ1n) is 6.46. The van der Waals surface area contributed by atoms with Crippen molar-refractivity contribution in [3.8, 4) is 11.5 Å². The average Bonchev–Trinajstić information content (AvgIpc) is 2.76. The largest absolute Gasteiger partial charge is 0.454 e. The molecule has 0 aromatic heterocycles. The van der Waals surface area contributed by atoms with E-state index in [2.05, 4.69) is 26.1 Å². The lowest BCUT2D eigenvalue weighted by Gasteiger charge is -2.15. The maximum atomic E-state index is 11.9. The van der Waals surface area contributed by atoms with Crippen LogP contribution in [-0.2, 0) is 4.79 Å². The number of rotatable bonds is 4. The van der Waals surface area contributed by atoms with Gasteiger partial charge in [0.05, 0.1) is 11.4 Å². The predicted octanol–water partition coefficient (Wildman–Crippen LogP) is 2.62. The number of nitrogens with one attached hydrogen (secondary N) is 1. The van der Waals surface area contributed by atoms with Crippen molar-refractivity contribution in [3.05, 3.63) is 12.1 Å². The van der Waals surface area contributed by atoms with Crippen molar-refractivity contribution in [3.63, 3.8) is 0 Å². The zero-order chi connectivity index (χ0) is 14.0. The first-order valence-corrected chi connectivity index (χ1v) is 6.46. The highest BCUT2D eigenvalue weighted by Crippen LogP contribution is 2.38. The summed E-state index contributed by atoms with van der Waals surface area (Å²) in [7, 11) is 0. The maximum Gasteiger partial charge on any atom is 0.231 e. The van der Waals surface area contributed by atoms with Crippen molar-refractivity contribution in [2.24, 2.45) is 11.8 Å². The van der Waals surface area contributed by atoms with Gasteiger partial charge in [-0.15, -0.1) is 0 Å². The molecule has 1 unspecified atom stereocenters. The monoisotopic (exact) mass is 264 g/mol. The molecule has 1 aromatic carbocycles. The van der Waals surface area contributed by atoms with Crippen molar-refractivity contribution in [1.82, 2.24) is 0 Å². The lowest BCUT2D eigenvalue weighted by molar-refractivity contribution is -0.117. The van der Waals surface area contributed by atoms with Gasteiger partial charge in [-0.25, -0.2) is 0 Å². The summed E-state index contributed by atoms with van der Waals surface area (Å²) >= 11 is 0. The van der Waals surface area contributed by atoms with Crippen molar-refractivity contribution in [2.75, 3.05) is 17.8 Å². The number of hydrogen-bond donors (Lipinski definition) is 2. The molecule has 5 nitrogen and oxygen atoms in total. The van der Waals surface area contributed by atoms with Crippen molar-refractivity contribution >= 4 is 17.3 Å². The Bertz CT molecular complexity index is 486. The molecule has 2 rings (SSSR count). The van der Waals surface area contributed by atoms with Crippen LogP contribution >= 0.6 is 0 Å². The van der Waals surface area contributed by atoms with Gasteiger partial charge in [0.15, 0.2) is 11.5 Å². The van der Waals surface area contributed by atoms with E-state index in [1.54, 1.807) is 12.1 Å². The minimum atomic E-state index is -0.0354. The van der Waals surface area contributed by atoms with Crippen LogP contribution in [0.2, 0.25) is 0 Å². The highest BCUT2D eigenvalue weighted by molar-refractivity contribution is 5.94. The summed E-state index contributed by atoms with van der Waals surface area (Å²) in [5.41, 5.74) is 6.94. The lowest BCUT2D eigenvalue weighted by Crippen LogP contribution is -2.18. The number of nitrogens with two attached hydrogens (primary N) is 1. The normalized spacial score (nSPS) is 14.5. The minimum Gasteiger partial charge on any atom is -0.454 e. The topological polar surface area (TPSA) is 73.6 Å². The molecule has 1 aliphatic heterocycles. The van der Waals surface area contributed by atoms with Crippen LogP contribution in [0.5, 0.6) is 11.5 Å². The van der Waals surface area contributed by atoms with E-state index in [1.807, 2.05) is 0 Å². The Hall–Kier alpha value is -1.91. The van der Waals surface area contributed by atoms with Gasteiger partial charge in [0, 0.05) is 18.6 Å². The fraction of sp³-hybridized carbons (Fsp3) is 0.500. The average molecular weight is 264 g/mol. The molecule has 3 N–H and O–H groups in total. The molecule has 5 heteroatoms. The van der Waals surface area contributed by atoms with Gasteiger partial charge in [0.1, 0.15) is 0 Å². The molecule has 0 bridgehead atoms. The van der Waals surface area contributed by atoms with E-state index in [4.69, 9.17) is 15.2 Å². The number of anilines is 2. The number of ether oxygens (including phenoxy) is 2. The van der Waals surface area contributed by atoms with Crippen LogP contribution in [0.1, 0.15) is 27.2 Å².